The lowest BCUT2D eigenvalue weighted by atomic mass is 9.95. The summed E-state index contributed by atoms with van der Waals surface area (Å²) in [5.41, 5.74) is 0. The van der Waals surface area contributed by atoms with Crippen molar-refractivity contribution < 1.29 is 9.47 Å². The molecule has 2 aliphatic heterocycles. The summed E-state index contributed by atoms with van der Waals surface area (Å²) in [7, 11) is 1.81. The predicted molar refractivity (Wildman–Crippen MR) is 86.5 cm³/mol. The van der Waals surface area contributed by atoms with Crippen LogP contribution in [0, 0.1) is 5.92 Å². The average Bonchev–Trinajstić information content (AvgIpc) is 2.92. The normalized spacial score (nSPS) is 32.1. The summed E-state index contributed by atoms with van der Waals surface area (Å²) < 4.78 is 11.7. The highest BCUT2D eigenvalue weighted by Crippen LogP contribution is 2.27. The fourth-order valence-corrected chi connectivity index (χ4v) is 3.88. The largest absolute Gasteiger partial charge is 0.384 e. The lowest BCUT2D eigenvalue weighted by molar-refractivity contribution is -0.121. The van der Waals surface area contributed by atoms with E-state index < -0.39 is 0 Å². The first-order valence-electron chi connectivity index (χ1n) is 8.76. The smallest absolute Gasteiger partial charge is 0.111 e. The molecule has 3 unspecified atom stereocenters. The molecule has 0 aliphatic carbocycles. The third-order valence-corrected chi connectivity index (χ3v) is 5.15. The van der Waals surface area contributed by atoms with Crippen molar-refractivity contribution in [3.8, 4) is 0 Å². The molecule has 2 saturated heterocycles. The summed E-state index contributed by atoms with van der Waals surface area (Å²) in [5.74, 6) is 0.654. The Kier molecular flexibility index (Phi) is 6.93. The van der Waals surface area contributed by atoms with Gasteiger partial charge in [0.1, 0.15) is 6.23 Å². The molecule has 0 saturated carbocycles. The third kappa shape index (κ3) is 4.65. The van der Waals surface area contributed by atoms with Gasteiger partial charge >= 0.3 is 0 Å². The van der Waals surface area contributed by atoms with E-state index in [-0.39, 0.29) is 6.23 Å². The first-order valence-corrected chi connectivity index (χ1v) is 8.76. The highest BCUT2D eigenvalue weighted by molar-refractivity contribution is 4.81. The van der Waals surface area contributed by atoms with Crippen LogP contribution in [0.3, 0.4) is 0 Å². The second-order valence-electron chi connectivity index (χ2n) is 6.89. The molecule has 21 heavy (non-hydrogen) atoms. The van der Waals surface area contributed by atoms with Crippen LogP contribution in [0.2, 0.25) is 0 Å². The molecule has 0 aromatic rings. The molecule has 0 radical (unpaired) electrons. The number of ether oxygens (including phenoxy) is 2. The van der Waals surface area contributed by atoms with Crippen LogP contribution in [0.5, 0.6) is 0 Å². The maximum Gasteiger partial charge on any atom is 0.111 e. The molecule has 0 aromatic heterocycles. The highest BCUT2D eigenvalue weighted by Gasteiger charge is 2.32. The first kappa shape index (κ1) is 17.2. The number of hydrogen-bond donors (Lipinski definition) is 0. The topological polar surface area (TPSA) is 24.9 Å². The molecule has 124 valence electrons. The van der Waals surface area contributed by atoms with E-state index in [1.807, 2.05) is 7.11 Å². The van der Waals surface area contributed by atoms with Gasteiger partial charge in [0.05, 0.1) is 6.61 Å². The Hall–Kier alpha value is -0.160. The summed E-state index contributed by atoms with van der Waals surface area (Å²) in [4.78, 5) is 5.09. The molecule has 3 atom stereocenters. The van der Waals surface area contributed by atoms with E-state index in [1.54, 1.807) is 0 Å². The van der Waals surface area contributed by atoms with Crippen molar-refractivity contribution in [3.05, 3.63) is 0 Å². The fourth-order valence-electron chi connectivity index (χ4n) is 3.88. The summed E-state index contributed by atoms with van der Waals surface area (Å²) in [6.45, 7) is 12.1. The Morgan fingerprint density at radius 1 is 1.14 bits per heavy atom. The summed E-state index contributed by atoms with van der Waals surface area (Å²) in [5, 5.41) is 0. The van der Waals surface area contributed by atoms with Crippen LogP contribution >= 0.6 is 0 Å². The number of piperidine rings is 1. The van der Waals surface area contributed by atoms with Gasteiger partial charge in [-0.1, -0.05) is 6.92 Å². The molecule has 2 rings (SSSR count). The van der Waals surface area contributed by atoms with Crippen LogP contribution in [-0.4, -0.2) is 68.1 Å². The molecule has 0 aromatic carbocycles. The monoisotopic (exact) mass is 298 g/mol. The number of nitrogens with zero attached hydrogens (tertiary/aromatic N) is 2. The second kappa shape index (κ2) is 8.47. The Morgan fingerprint density at radius 2 is 1.95 bits per heavy atom. The molecule has 2 fully saturated rings. The zero-order valence-corrected chi connectivity index (χ0v) is 14.4. The van der Waals surface area contributed by atoms with E-state index in [4.69, 9.17) is 9.47 Å². The molecule has 0 N–H and O–H groups in total. The molecular formula is C17H34N2O2. The van der Waals surface area contributed by atoms with Crippen molar-refractivity contribution in [2.24, 2.45) is 5.92 Å². The van der Waals surface area contributed by atoms with Gasteiger partial charge in [0.15, 0.2) is 0 Å². The number of methoxy groups -OCH3 is 1. The van der Waals surface area contributed by atoms with Crippen molar-refractivity contribution in [1.29, 1.82) is 0 Å². The first-order chi connectivity index (χ1) is 10.2. The van der Waals surface area contributed by atoms with Crippen LogP contribution in [-0.2, 0) is 9.47 Å². The van der Waals surface area contributed by atoms with E-state index in [0.717, 1.165) is 32.7 Å². The molecule has 0 amide bonds. The number of hydrogen-bond acceptors (Lipinski definition) is 4. The Morgan fingerprint density at radius 3 is 2.62 bits per heavy atom. The highest BCUT2D eigenvalue weighted by atomic mass is 16.5. The third-order valence-electron chi connectivity index (χ3n) is 5.15. The zero-order chi connectivity index (χ0) is 15.2. The summed E-state index contributed by atoms with van der Waals surface area (Å²) in [6.07, 6.45) is 5.25. The van der Waals surface area contributed by atoms with Crippen LogP contribution in [0.1, 0.15) is 46.5 Å². The quantitative estimate of drug-likeness (QED) is 0.721. The predicted octanol–water partition coefficient (Wildman–Crippen LogP) is 2.58. The van der Waals surface area contributed by atoms with Gasteiger partial charge in [-0.3, -0.25) is 9.80 Å². The molecule has 2 heterocycles. The molecule has 2 aliphatic rings. The van der Waals surface area contributed by atoms with Gasteiger partial charge in [-0.25, -0.2) is 0 Å². The van der Waals surface area contributed by atoms with Crippen molar-refractivity contribution in [1.82, 2.24) is 9.80 Å². The second-order valence-corrected chi connectivity index (χ2v) is 6.89. The minimum atomic E-state index is 0.276. The van der Waals surface area contributed by atoms with Crippen LogP contribution in [0.15, 0.2) is 0 Å². The van der Waals surface area contributed by atoms with E-state index in [1.165, 1.54) is 25.8 Å². The fraction of sp³-hybridized carbons (Fsp3) is 1.00. The lowest BCUT2D eigenvalue weighted by Crippen LogP contribution is -2.49. The van der Waals surface area contributed by atoms with Crippen LogP contribution in [0.25, 0.3) is 0 Å². The molecule has 4 nitrogen and oxygen atoms in total. The number of rotatable bonds is 7. The van der Waals surface area contributed by atoms with Crippen molar-refractivity contribution >= 4 is 0 Å². The van der Waals surface area contributed by atoms with Crippen molar-refractivity contribution in [2.75, 3.05) is 40.0 Å². The summed E-state index contributed by atoms with van der Waals surface area (Å²) >= 11 is 0. The number of likely N-dealkylation sites (tertiary alicyclic amines) is 2. The van der Waals surface area contributed by atoms with Gasteiger partial charge in [0, 0.05) is 32.3 Å². The molecule has 0 spiro atoms. The average molecular weight is 298 g/mol. The summed E-state index contributed by atoms with van der Waals surface area (Å²) in [6, 6.07) is 1.19. The lowest BCUT2D eigenvalue weighted by Gasteiger charge is -2.42. The van der Waals surface area contributed by atoms with Gasteiger partial charge < -0.3 is 9.47 Å². The van der Waals surface area contributed by atoms with Gasteiger partial charge in [0.2, 0.25) is 0 Å². The molecule has 0 bridgehead atoms. The Labute approximate surface area is 130 Å². The van der Waals surface area contributed by atoms with Gasteiger partial charge in [-0.15, -0.1) is 0 Å². The van der Waals surface area contributed by atoms with Gasteiger partial charge in [0.25, 0.3) is 0 Å². The van der Waals surface area contributed by atoms with E-state index in [9.17, 15) is 0 Å². The molecule has 4 heteroatoms. The van der Waals surface area contributed by atoms with Crippen LogP contribution in [0.4, 0.5) is 0 Å². The van der Waals surface area contributed by atoms with Crippen LogP contribution < -0.4 is 0 Å². The van der Waals surface area contributed by atoms with Crippen molar-refractivity contribution in [3.63, 3.8) is 0 Å². The maximum absolute atomic E-state index is 6.38. The Bertz CT molecular complexity index is 299. The van der Waals surface area contributed by atoms with Gasteiger partial charge in [-0.05, 0) is 58.5 Å². The Balaban J connectivity index is 1.86. The maximum atomic E-state index is 6.38. The van der Waals surface area contributed by atoms with Gasteiger partial charge in [-0.2, -0.15) is 0 Å². The SMILES string of the molecule is CCN1CCCC1COC1CC(COC)CCN1C(C)C. The van der Waals surface area contributed by atoms with Crippen molar-refractivity contribution in [2.45, 2.75) is 64.8 Å². The zero-order valence-electron chi connectivity index (χ0n) is 14.4. The minimum absolute atomic E-state index is 0.276. The van der Waals surface area contributed by atoms with E-state index in [2.05, 4.69) is 30.6 Å². The molecular weight excluding hydrogens is 264 g/mol. The van der Waals surface area contributed by atoms with E-state index in [0.29, 0.717) is 18.0 Å². The minimum Gasteiger partial charge on any atom is -0.384 e. The van der Waals surface area contributed by atoms with E-state index >= 15 is 0 Å². The number of likely N-dealkylation sites (N-methyl/N-ethyl adjacent to an activating group) is 1. The standard InChI is InChI=1S/C17H34N2O2/c1-5-18-9-6-7-16(18)13-21-17-11-15(12-20-4)8-10-19(17)14(2)3/h14-17H,5-13H2,1-4H3.